The second kappa shape index (κ2) is 5.06. The fourth-order valence-electron chi connectivity index (χ4n) is 2.58. The summed E-state index contributed by atoms with van der Waals surface area (Å²) < 4.78 is 27.4. The summed E-state index contributed by atoms with van der Waals surface area (Å²) >= 11 is 0. The Morgan fingerprint density at radius 2 is 1.95 bits per heavy atom. The van der Waals surface area contributed by atoms with Crippen molar-refractivity contribution in [3.63, 3.8) is 0 Å². The molecule has 0 saturated heterocycles. The molecule has 4 heteroatoms. The van der Waals surface area contributed by atoms with Gasteiger partial charge in [0.2, 0.25) is 0 Å². The molecule has 1 aromatic carbocycles. The molecule has 1 aliphatic heterocycles. The monoisotopic (exact) mass is 273 g/mol. The first kappa shape index (κ1) is 12.8. The molecule has 0 unspecified atom stereocenters. The third-order valence-corrected chi connectivity index (χ3v) is 3.62. The number of rotatable bonds is 2. The zero-order valence-corrected chi connectivity index (χ0v) is 10.8. The van der Waals surface area contributed by atoms with E-state index in [1.54, 1.807) is 17.2 Å². The highest BCUT2D eigenvalue weighted by molar-refractivity contribution is 5.83. The van der Waals surface area contributed by atoms with Crippen LogP contribution in [-0.4, -0.2) is 10.7 Å². The maximum atomic E-state index is 13.7. The number of allylic oxidation sites excluding steroid dienone is 3. The standard InChI is InChI=1S/C16H13F2NO/c17-14-4-1-5-15(18)13(14)10-19-8-2-3-11-9-12(20)6-7-16(11)19/h1,3-5,8H,6-7,9-10H2. The lowest BCUT2D eigenvalue weighted by Crippen LogP contribution is -2.24. The van der Waals surface area contributed by atoms with Crippen LogP contribution in [0.3, 0.4) is 0 Å². The van der Waals surface area contributed by atoms with Crippen molar-refractivity contribution in [2.75, 3.05) is 0 Å². The molecule has 1 aromatic rings. The molecule has 0 aromatic heterocycles. The van der Waals surface area contributed by atoms with E-state index in [0.29, 0.717) is 19.3 Å². The first-order valence-electron chi connectivity index (χ1n) is 6.51. The van der Waals surface area contributed by atoms with Crippen molar-refractivity contribution in [3.8, 4) is 0 Å². The fraction of sp³-hybridized carbons (Fsp3) is 0.250. The summed E-state index contributed by atoms with van der Waals surface area (Å²) in [6.45, 7) is 0.117. The largest absolute Gasteiger partial charge is 0.340 e. The van der Waals surface area contributed by atoms with Crippen LogP contribution < -0.4 is 0 Å². The number of carbonyl (C=O) groups excluding carboxylic acids is 1. The summed E-state index contributed by atoms with van der Waals surface area (Å²) in [6.07, 6.45) is 4.93. The van der Waals surface area contributed by atoms with Crippen molar-refractivity contribution in [2.45, 2.75) is 25.8 Å². The maximum Gasteiger partial charge on any atom is 0.137 e. The van der Waals surface area contributed by atoms with Gasteiger partial charge in [0, 0.05) is 30.3 Å². The fourth-order valence-corrected chi connectivity index (χ4v) is 2.58. The van der Waals surface area contributed by atoms with Gasteiger partial charge in [0.05, 0.1) is 6.54 Å². The quantitative estimate of drug-likeness (QED) is 0.769. The number of nitrogens with zero attached hydrogens (tertiary/aromatic N) is 1. The van der Waals surface area contributed by atoms with E-state index in [9.17, 15) is 13.6 Å². The molecule has 0 bridgehead atoms. The van der Waals surface area contributed by atoms with Gasteiger partial charge < -0.3 is 4.90 Å². The van der Waals surface area contributed by atoms with Crippen LogP contribution in [0.2, 0.25) is 0 Å². The van der Waals surface area contributed by atoms with Crippen molar-refractivity contribution in [2.24, 2.45) is 0 Å². The van der Waals surface area contributed by atoms with E-state index in [1.807, 2.05) is 0 Å². The van der Waals surface area contributed by atoms with E-state index in [4.69, 9.17) is 0 Å². The van der Waals surface area contributed by atoms with Crippen molar-refractivity contribution in [1.82, 2.24) is 4.90 Å². The lowest BCUT2D eigenvalue weighted by molar-refractivity contribution is -0.118. The highest BCUT2D eigenvalue weighted by Crippen LogP contribution is 2.30. The molecular formula is C16H13F2NO. The van der Waals surface area contributed by atoms with Crippen LogP contribution >= 0.6 is 0 Å². The smallest absolute Gasteiger partial charge is 0.137 e. The topological polar surface area (TPSA) is 20.3 Å². The molecule has 1 heterocycles. The number of hydrogen-bond donors (Lipinski definition) is 0. The molecule has 2 aliphatic rings. The minimum absolute atomic E-state index is 0.0381. The SMILES string of the molecule is O=C1CCC2=C(C=C=CN2Cc2c(F)cccc2F)C1. The van der Waals surface area contributed by atoms with Gasteiger partial charge in [-0.2, -0.15) is 0 Å². The highest BCUT2D eigenvalue weighted by Gasteiger charge is 2.23. The highest BCUT2D eigenvalue weighted by atomic mass is 19.1. The van der Waals surface area contributed by atoms with E-state index in [2.05, 4.69) is 5.73 Å². The lowest BCUT2D eigenvalue weighted by atomic mass is 9.93. The number of hydrogen-bond acceptors (Lipinski definition) is 2. The van der Waals surface area contributed by atoms with Crippen molar-refractivity contribution >= 4 is 5.78 Å². The number of ketones is 1. The Labute approximate surface area is 115 Å². The van der Waals surface area contributed by atoms with Crippen molar-refractivity contribution < 1.29 is 13.6 Å². The minimum atomic E-state index is -0.554. The molecule has 0 N–H and O–H groups in total. The van der Waals surface area contributed by atoms with Gasteiger partial charge in [0.25, 0.3) is 0 Å². The number of benzene rings is 1. The van der Waals surface area contributed by atoms with Crippen LogP contribution in [0.25, 0.3) is 0 Å². The zero-order chi connectivity index (χ0) is 14.1. The maximum absolute atomic E-state index is 13.7. The van der Waals surface area contributed by atoms with Gasteiger partial charge in [0.1, 0.15) is 17.4 Å². The van der Waals surface area contributed by atoms with Crippen LogP contribution in [0.4, 0.5) is 8.78 Å². The molecule has 20 heavy (non-hydrogen) atoms. The Bertz CT molecular complexity index is 649. The van der Waals surface area contributed by atoms with Gasteiger partial charge in [-0.15, -0.1) is 5.73 Å². The predicted octanol–water partition coefficient (Wildman–Crippen LogP) is 3.46. The molecular weight excluding hydrogens is 260 g/mol. The molecule has 0 atom stereocenters. The summed E-state index contributed by atoms with van der Waals surface area (Å²) in [6, 6.07) is 3.85. The molecule has 0 spiro atoms. The normalized spacial score (nSPS) is 17.7. The van der Waals surface area contributed by atoms with E-state index in [-0.39, 0.29) is 17.9 Å². The van der Waals surface area contributed by atoms with Gasteiger partial charge in [-0.05, 0) is 30.2 Å². The van der Waals surface area contributed by atoms with Gasteiger partial charge >= 0.3 is 0 Å². The second-order valence-electron chi connectivity index (χ2n) is 4.96. The van der Waals surface area contributed by atoms with Gasteiger partial charge in [-0.3, -0.25) is 4.79 Å². The first-order chi connectivity index (χ1) is 9.65. The van der Waals surface area contributed by atoms with E-state index in [1.165, 1.54) is 18.2 Å². The van der Waals surface area contributed by atoms with Crippen LogP contribution in [0.1, 0.15) is 24.8 Å². The molecule has 0 saturated carbocycles. The van der Waals surface area contributed by atoms with E-state index >= 15 is 0 Å². The Morgan fingerprint density at radius 1 is 1.20 bits per heavy atom. The summed E-state index contributed by atoms with van der Waals surface area (Å²) in [5.74, 6) is -0.912. The molecule has 0 radical (unpaired) electrons. The average molecular weight is 273 g/mol. The van der Waals surface area contributed by atoms with Gasteiger partial charge in [-0.1, -0.05) is 6.07 Å². The number of carbonyl (C=O) groups is 1. The Hall–Kier alpha value is -2.19. The average Bonchev–Trinajstić information content (AvgIpc) is 2.42. The van der Waals surface area contributed by atoms with Crippen molar-refractivity contribution in [3.05, 3.63) is 64.7 Å². The molecule has 102 valence electrons. The molecule has 0 amide bonds. The lowest BCUT2D eigenvalue weighted by Gasteiger charge is -2.29. The molecule has 1 aliphatic carbocycles. The Morgan fingerprint density at radius 3 is 2.70 bits per heavy atom. The van der Waals surface area contributed by atoms with E-state index < -0.39 is 11.6 Å². The van der Waals surface area contributed by atoms with Crippen LogP contribution in [-0.2, 0) is 11.3 Å². The summed E-state index contributed by atoms with van der Waals surface area (Å²) in [7, 11) is 0. The summed E-state index contributed by atoms with van der Waals surface area (Å²) in [4.78, 5) is 13.2. The number of Topliss-reactive ketones (excluding diaryl/α,β-unsaturated/α-hetero) is 1. The van der Waals surface area contributed by atoms with Crippen LogP contribution in [0, 0.1) is 11.6 Å². The van der Waals surface area contributed by atoms with Crippen LogP contribution in [0.15, 0.2) is 47.5 Å². The predicted molar refractivity (Wildman–Crippen MR) is 70.4 cm³/mol. The molecule has 2 nitrogen and oxygen atoms in total. The zero-order valence-electron chi connectivity index (χ0n) is 10.8. The molecule has 0 fully saturated rings. The third-order valence-electron chi connectivity index (χ3n) is 3.62. The first-order valence-corrected chi connectivity index (χ1v) is 6.51. The van der Waals surface area contributed by atoms with Gasteiger partial charge in [0.15, 0.2) is 0 Å². The van der Waals surface area contributed by atoms with Crippen molar-refractivity contribution in [1.29, 1.82) is 0 Å². The van der Waals surface area contributed by atoms with E-state index in [0.717, 1.165) is 11.3 Å². The second-order valence-corrected chi connectivity index (χ2v) is 4.96. The Balaban J connectivity index is 1.92. The third kappa shape index (κ3) is 2.30. The number of halogens is 2. The molecule has 3 rings (SSSR count). The van der Waals surface area contributed by atoms with Gasteiger partial charge in [-0.25, -0.2) is 8.78 Å². The summed E-state index contributed by atoms with van der Waals surface area (Å²) in [5, 5.41) is 0. The summed E-state index contributed by atoms with van der Waals surface area (Å²) in [5.41, 5.74) is 4.84. The van der Waals surface area contributed by atoms with Crippen LogP contribution in [0.5, 0.6) is 0 Å². The Kier molecular flexibility index (Phi) is 3.25. The minimum Gasteiger partial charge on any atom is -0.340 e.